The third-order valence-electron chi connectivity index (χ3n) is 3.72. The Labute approximate surface area is 115 Å². The molecule has 0 aliphatic heterocycles. The quantitative estimate of drug-likeness (QED) is 0.656. The molecule has 0 bridgehead atoms. The first-order valence-electron chi connectivity index (χ1n) is 6.89. The number of anilines is 1. The second-order valence-corrected chi connectivity index (χ2v) is 5.05. The van der Waals surface area contributed by atoms with Gasteiger partial charge in [0.25, 0.3) is 0 Å². The summed E-state index contributed by atoms with van der Waals surface area (Å²) in [5, 5.41) is 2.91. The molecule has 0 spiro atoms. The molecule has 0 aromatic heterocycles. The van der Waals surface area contributed by atoms with Gasteiger partial charge in [0, 0.05) is 24.2 Å². The van der Waals surface area contributed by atoms with E-state index < -0.39 is 0 Å². The van der Waals surface area contributed by atoms with Gasteiger partial charge in [0.05, 0.1) is 0 Å². The van der Waals surface area contributed by atoms with Crippen molar-refractivity contribution in [1.82, 2.24) is 5.32 Å². The van der Waals surface area contributed by atoms with Gasteiger partial charge in [0.15, 0.2) is 0 Å². The van der Waals surface area contributed by atoms with Crippen LogP contribution in [0.15, 0.2) is 24.3 Å². The maximum Gasteiger partial charge on any atom is 0.220 e. The number of hydrogen-bond donors (Lipinski definition) is 3. The van der Waals surface area contributed by atoms with Crippen LogP contribution in [0.5, 0.6) is 0 Å². The summed E-state index contributed by atoms with van der Waals surface area (Å²) in [6.07, 6.45) is 2.82. The molecular weight excluding hydrogens is 238 g/mol. The fourth-order valence-corrected chi connectivity index (χ4v) is 1.87. The van der Waals surface area contributed by atoms with Crippen LogP contribution in [0.4, 0.5) is 5.69 Å². The molecular formula is C15H25N3O. The summed E-state index contributed by atoms with van der Waals surface area (Å²) < 4.78 is 0. The van der Waals surface area contributed by atoms with Crippen molar-refractivity contribution in [3.63, 3.8) is 0 Å². The summed E-state index contributed by atoms with van der Waals surface area (Å²) >= 11 is 0. The third-order valence-corrected chi connectivity index (χ3v) is 3.72. The molecule has 1 amide bonds. The Morgan fingerprint density at radius 1 is 1.26 bits per heavy atom. The summed E-state index contributed by atoms with van der Waals surface area (Å²) in [6.45, 7) is 4.61. The van der Waals surface area contributed by atoms with Gasteiger partial charge in [-0.05, 0) is 30.9 Å². The summed E-state index contributed by atoms with van der Waals surface area (Å²) in [4.78, 5) is 11.8. The summed E-state index contributed by atoms with van der Waals surface area (Å²) in [5.74, 6) is 0.0278. The van der Waals surface area contributed by atoms with Crippen molar-refractivity contribution >= 4 is 11.6 Å². The van der Waals surface area contributed by atoms with Crippen LogP contribution in [0.3, 0.4) is 0 Å². The minimum Gasteiger partial charge on any atom is -0.399 e. The van der Waals surface area contributed by atoms with E-state index in [9.17, 15) is 4.79 Å². The average Bonchev–Trinajstić information content (AvgIpc) is 2.44. The highest BCUT2D eigenvalue weighted by atomic mass is 16.1. The van der Waals surface area contributed by atoms with E-state index in [0.29, 0.717) is 19.4 Å². The number of nitrogens with two attached hydrogens (primary N) is 2. The third kappa shape index (κ3) is 4.91. The molecule has 4 heteroatoms. The van der Waals surface area contributed by atoms with Crippen molar-refractivity contribution in [1.29, 1.82) is 0 Å². The standard InChI is InChI=1S/C15H25N3O/c1-3-15(17,4-2)11-18-14(19)10-9-12-7-5-6-8-13(12)16/h5-8H,3-4,9-11,16-17H2,1-2H3,(H,18,19). The molecule has 0 aliphatic carbocycles. The van der Waals surface area contributed by atoms with Gasteiger partial charge in [-0.1, -0.05) is 32.0 Å². The van der Waals surface area contributed by atoms with E-state index in [-0.39, 0.29) is 11.4 Å². The molecule has 19 heavy (non-hydrogen) atoms. The molecule has 0 fully saturated rings. The molecule has 0 saturated carbocycles. The number of hydrogen-bond acceptors (Lipinski definition) is 3. The number of aryl methyl sites for hydroxylation is 1. The molecule has 1 aromatic carbocycles. The number of nitrogens with one attached hydrogen (secondary N) is 1. The van der Waals surface area contributed by atoms with Crippen molar-refractivity contribution < 1.29 is 4.79 Å². The Hall–Kier alpha value is -1.55. The van der Waals surface area contributed by atoms with Crippen LogP contribution < -0.4 is 16.8 Å². The van der Waals surface area contributed by atoms with Gasteiger partial charge in [0.2, 0.25) is 5.91 Å². The van der Waals surface area contributed by atoms with E-state index in [1.165, 1.54) is 0 Å². The van der Waals surface area contributed by atoms with Gasteiger partial charge >= 0.3 is 0 Å². The molecule has 0 aliphatic rings. The van der Waals surface area contributed by atoms with Gasteiger partial charge in [-0.3, -0.25) is 4.79 Å². The fourth-order valence-electron chi connectivity index (χ4n) is 1.87. The smallest absolute Gasteiger partial charge is 0.220 e. The van der Waals surface area contributed by atoms with E-state index in [1.54, 1.807) is 0 Å². The Morgan fingerprint density at radius 3 is 2.47 bits per heavy atom. The second kappa shape index (κ2) is 7.14. The number of carbonyl (C=O) groups excluding carboxylic acids is 1. The van der Waals surface area contributed by atoms with Crippen molar-refractivity contribution in [3.05, 3.63) is 29.8 Å². The molecule has 0 radical (unpaired) electrons. The van der Waals surface area contributed by atoms with Crippen molar-refractivity contribution in [2.75, 3.05) is 12.3 Å². The van der Waals surface area contributed by atoms with Crippen molar-refractivity contribution in [2.45, 2.75) is 45.1 Å². The lowest BCUT2D eigenvalue weighted by Gasteiger charge is -2.26. The average molecular weight is 263 g/mol. The lowest BCUT2D eigenvalue weighted by Crippen LogP contribution is -2.49. The highest BCUT2D eigenvalue weighted by Crippen LogP contribution is 2.13. The molecule has 4 nitrogen and oxygen atoms in total. The van der Waals surface area contributed by atoms with Crippen LogP contribution in [0.2, 0.25) is 0 Å². The number of benzene rings is 1. The second-order valence-electron chi connectivity index (χ2n) is 5.05. The zero-order valence-corrected chi connectivity index (χ0v) is 11.9. The highest BCUT2D eigenvalue weighted by Gasteiger charge is 2.20. The molecule has 106 valence electrons. The van der Waals surface area contributed by atoms with Gasteiger partial charge in [-0.15, -0.1) is 0 Å². The Kier molecular flexibility index (Phi) is 5.83. The van der Waals surface area contributed by atoms with Crippen LogP contribution in [0.25, 0.3) is 0 Å². The first-order chi connectivity index (χ1) is 9.00. The summed E-state index contributed by atoms with van der Waals surface area (Å²) in [5.41, 5.74) is 13.5. The lowest BCUT2D eigenvalue weighted by molar-refractivity contribution is -0.121. The number of para-hydroxylation sites is 1. The normalized spacial score (nSPS) is 11.3. The minimum absolute atomic E-state index is 0.0278. The number of nitrogen functional groups attached to an aromatic ring is 1. The van der Waals surface area contributed by atoms with Crippen molar-refractivity contribution in [3.8, 4) is 0 Å². The molecule has 5 N–H and O–H groups in total. The topological polar surface area (TPSA) is 81.1 Å². The zero-order valence-electron chi connectivity index (χ0n) is 11.9. The monoisotopic (exact) mass is 263 g/mol. The Morgan fingerprint density at radius 2 is 1.89 bits per heavy atom. The first-order valence-corrected chi connectivity index (χ1v) is 6.89. The zero-order chi connectivity index (χ0) is 14.3. The Bertz CT molecular complexity index is 414. The van der Waals surface area contributed by atoms with E-state index in [0.717, 1.165) is 24.1 Å². The van der Waals surface area contributed by atoms with Gasteiger partial charge in [0.1, 0.15) is 0 Å². The summed E-state index contributed by atoms with van der Waals surface area (Å²) in [6, 6.07) is 7.63. The van der Waals surface area contributed by atoms with Crippen LogP contribution in [0.1, 0.15) is 38.7 Å². The first kappa shape index (κ1) is 15.5. The molecule has 0 saturated heterocycles. The van der Waals surface area contributed by atoms with E-state index in [1.807, 2.05) is 38.1 Å². The van der Waals surface area contributed by atoms with E-state index in [4.69, 9.17) is 11.5 Å². The molecule has 1 rings (SSSR count). The van der Waals surface area contributed by atoms with Gasteiger partial charge in [-0.2, -0.15) is 0 Å². The number of rotatable bonds is 7. The maximum absolute atomic E-state index is 11.8. The number of amides is 1. The fraction of sp³-hybridized carbons (Fsp3) is 0.533. The maximum atomic E-state index is 11.8. The molecule has 0 unspecified atom stereocenters. The predicted molar refractivity (Wildman–Crippen MR) is 79.7 cm³/mol. The SMILES string of the molecule is CCC(N)(CC)CNC(=O)CCc1ccccc1N. The van der Waals surface area contributed by atoms with Gasteiger partial charge in [-0.25, -0.2) is 0 Å². The van der Waals surface area contributed by atoms with Crippen molar-refractivity contribution in [2.24, 2.45) is 5.73 Å². The predicted octanol–water partition coefficient (Wildman–Crippen LogP) is 1.84. The van der Waals surface area contributed by atoms with Crippen LogP contribution in [0, 0.1) is 0 Å². The Balaban J connectivity index is 2.39. The van der Waals surface area contributed by atoms with Gasteiger partial charge < -0.3 is 16.8 Å². The molecule has 0 heterocycles. The highest BCUT2D eigenvalue weighted by molar-refractivity contribution is 5.76. The van der Waals surface area contributed by atoms with Crippen LogP contribution in [-0.4, -0.2) is 18.0 Å². The lowest BCUT2D eigenvalue weighted by atomic mass is 9.94. The van der Waals surface area contributed by atoms with Crippen LogP contribution in [-0.2, 0) is 11.2 Å². The van der Waals surface area contributed by atoms with Crippen LogP contribution >= 0.6 is 0 Å². The summed E-state index contributed by atoms with van der Waals surface area (Å²) in [7, 11) is 0. The number of carbonyl (C=O) groups is 1. The molecule has 0 atom stereocenters. The largest absolute Gasteiger partial charge is 0.399 e. The van der Waals surface area contributed by atoms with E-state index >= 15 is 0 Å². The van der Waals surface area contributed by atoms with E-state index in [2.05, 4.69) is 5.32 Å². The molecule has 1 aromatic rings. The minimum atomic E-state index is -0.290.